The molecule has 1 fully saturated rings. The number of thiophene rings is 1. The van der Waals surface area contributed by atoms with Crippen molar-refractivity contribution in [1.29, 1.82) is 0 Å². The monoisotopic (exact) mass is 279 g/mol. The first-order chi connectivity index (χ1) is 9.38. The Kier molecular flexibility index (Phi) is 4.57. The molecule has 2 aliphatic rings. The molecule has 3 heteroatoms. The third kappa shape index (κ3) is 3.04. The van der Waals surface area contributed by atoms with Crippen molar-refractivity contribution >= 4 is 11.3 Å². The molecule has 1 aliphatic carbocycles. The minimum absolute atomic E-state index is 0.515. The van der Waals surface area contributed by atoms with Gasteiger partial charge in [0.05, 0.1) is 6.61 Å². The Bertz CT molecular complexity index is 385. The van der Waals surface area contributed by atoms with E-state index in [9.17, 15) is 0 Å². The molecular weight excluding hydrogens is 254 g/mol. The zero-order valence-corrected chi connectivity index (χ0v) is 12.7. The standard InChI is InChI=1S/C16H25NOS/c1-2-17-16(13-7-5-9-18-11-13)15-10-12-6-3-4-8-14(12)19-15/h10,13,16-17H,2-9,11H2,1H3. The molecule has 0 saturated carbocycles. The molecule has 106 valence electrons. The predicted octanol–water partition coefficient (Wildman–Crippen LogP) is 3.70. The molecule has 1 saturated heterocycles. The summed E-state index contributed by atoms with van der Waals surface area (Å²) in [6.07, 6.45) is 7.89. The van der Waals surface area contributed by atoms with E-state index in [4.69, 9.17) is 4.74 Å². The molecule has 2 nitrogen and oxygen atoms in total. The Balaban J connectivity index is 1.80. The quantitative estimate of drug-likeness (QED) is 0.907. The van der Waals surface area contributed by atoms with Gasteiger partial charge in [-0.15, -0.1) is 11.3 Å². The van der Waals surface area contributed by atoms with Crippen LogP contribution < -0.4 is 5.32 Å². The molecule has 0 amide bonds. The SMILES string of the molecule is CCNC(c1cc2c(s1)CCCC2)C1CCCOC1. The van der Waals surface area contributed by atoms with E-state index < -0.39 is 0 Å². The summed E-state index contributed by atoms with van der Waals surface area (Å²) < 4.78 is 5.70. The molecule has 0 spiro atoms. The third-order valence-electron chi connectivity index (χ3n) is 4.41. The highest BCUT2D eigenvalue weighted by Gasteiger charge is 2.27. The van der Waals surface area contributed by atoms with Crippen LogP contribution in [0.25, 0.3) is 0 Å². The van der Waals surface area contributed by atoms with Crippen molar-refractivity contribution in [3.05, 3.63) is 21.4 Å². The summed E-state index contributed by atoms with van der Waals surface area (Å²) in [5, 5.41) is 3.71. The highest BCUT2D eigenvalue weighted by molar-refractivity contribution is 7.12. The van der Waals surface area contributed by atoms with Crippen LogP contribution in [0.1, 0.15) is 54.0 Å². The normalized spacial score (nSPS) is 25.0. The second-order valence-electron chi connectivity index (χ2n) is 5.82. The van der Waals surface area contributed by atoms with Crippen molar-refractivity contribution in [3.8, 4) is 0 Å². The van der Waals surface area contributed by atoms with Crippen molar-refractivity contribution in [2.45, 2.75) is 51.5 Å². The fourth-order valence-corrected chi connectivity index (χ4v) is 4.84. The van der Waals surface area contributed by atoms with Gasteiger partial charge < -0.3 is 10.1 Å². The predicted molar refractivity (Wildman–Crippen MR) is 80.9 cm³/mol. The second-order valence-corrected chi connectivity index (χ2v) is 6.99. The summed E-state index contributed by atoms with van der Waals surface area (Å²) in [4.78, 5) is 3.21. The third-order valence-corrected chi connectivity index (χ3v) is 5.73. The van der Waals surface area contributed by atoms with Gasteiger partial charge in [-0.2, -0.15) is 0 Å². The summed E-state index contributed by atoms with van der Waals surface area (Å²) in [6.45, 7) is 5.14. The number of fused-ring (bicyclic) bond motifs is 1. The van der Waals surface area contributed by atoms with E-state index in [1.54, 1.807) is 15.3 Å². The van der Waals surface area contributed by atoms with Gasteiger partial charge in [-0.25, -0.2) is 0 Å². The van der Waals surface area contributed by atoms with Crippen LogP contribution in [0, 0.1) is 5.92 Å². The topological polar surface area (TPSA) is 21.3 Å². The number of hydrogen-bond acceptors (Lipinski definition) is 3. The molecule has 0 aromatic carbocycles. The molecule has 0 radical (unpaired) electrons. The van der Waals surface area contributed by atoms with E-state index in [-0.39, 0.29) is 0 Å². The highest BCUT2D eigenvalue weighted by Crippen LogP contribution is 2.37. The number of nitrogens with one attached hydrogen (secondary N) is 1. The Morgan fingerprint density at radius 2 is 2.26 bits per heavy atom. The zero-order valence-electron chi connectivity index (χ0n) is 11.9. The van der Waals surface area contributed by atoms with Crippen LogP contribution in [-0.4, -0.2) is 19.8 Å². The van der Waals surface area contributed by atoms with E-state index in [1.165, 1.54) is 38.5 Å². The fraction of sp³-hybridized carbons (Fsp3) is 0.750. The molecule has 1 aromatic heterocycles. The van der Waals surface area contributed by atoms with E-state index in [0.29, 0.717) is 12.0 Å². The van der Waals surface area contributed by atoms with Gasteiger partial charge in [-0.1, -0.05) is 6.92 Å². The van der Waals surface area contributed by atoms with Gasteiger partial charge in [0.15, 0.2) is 0 Å². The minimum atomic E-state index is 0.515. The van der Waals surface area contributed by atoms with Crippen LogP contribution >= 0.6 is 11.3 Å². The van der Waals surface area contributed by atoms with Crippen molar-refractivity contribution in [3.63, 3.8) is 0 Å². The lowest BCUT2D eigenvalue weighted by Gasteiger charge is -2.30. The molecule has 2 atom stereocenters. The van der Waals surface area contributed by atoms with Crippen LogP contribution in [0.3, 0.4) is 0 Å². The summed E-state index contributed by atoms with van der Waals surface area (Å²) in [5.41, 5.74) is 1.63. The van der Waals surface area contributed by atoms with Crippen LogP contribution in [0.15, 0.2) is 6.07 Å². The molecule has 2 unspecified atom stereocenters. The molecule has 1 aliphatic heterocycles. The van der Waals surface area contributed by atoms with Crippen LogP contribution in [-0.2, 0) is 17.6 Å². The van der Waals surface area contributed by atoms with Gasteiger partial charge in [0, 0.05) is 28.3 Å². The summed E-state index contributed by atoms with van der Waals surface area (Å²) >= 11 is 2.06. The Labute approximate surface area is 120 Å². The van der Waals surface area contributed by atoms with Crippen LogP contribution in [0.5, 0.6) is 0 Å². The van der Waals surface area contributed by atoms with E-state index >= 15 is 0 Å². The van der Waals surface area contributed by atoms with Crippen LogP contribution in [0.4, 0.5) is 0 Å². The van der Waals surface area contributed by atoms with Crippen LogP contribution in [0.2, 0.25) is 0 Å². The Hall–Kier alpha value is -0.380. The van der Waals surface area contributed by atoms with Crippen molar-refractivity contribution in [2.75, 3.05) is 19.8 Å². The Morgan fingerprint density at radius 3 is 3.00 bits per heavy atom. The molecule has 19 heavy (non-hydrogen) atoms. The first-order valence-corrected chi connectivity index (χ1v) is 8.62. The van der Waals surface area contributed by atoms with Crippen molar-refractivity contribution in [2.24, 2.45) is 5.92 Å². The Morgan fingerprint density at radius 1 is 1.37 bits per heavy atom. The van der Waals surface area contributed by atoms with Crippen molar-refractivity contribution in [1.82, 2.24) is 5.32 Å². The highest BCUT2D eigenvalue weighted by atomic mass is 32.1. The molecule has 2 heterocycles. The molecule has 1 N–H and O–H groups in total. The molecule has 3 rings (SSSR count). The van der Waals surface area contributed by atoms with E-state index in [0.717, 1.165) is 19.8 Å². The first kappa shape index (κ1) is 13.6. The van der Waals surface area contributed by atoms with Crippen molar-refractivity contribution < 1.29 is 4.74 Å². The fourth-order valence-electron chi connectivity index (χ4n) is 3.41. The smallest absolute Gasteiger partial charge is 0.0512 e. The summed E-state index contributed by atoms with van der Waals surface area (Å²) in [6, 6.07) is 3.00. The van der Waals surface area contributed by atoms with E-state index in [2.05, 4.69) is 29.6 Å². The van der Waals surface area contributed by atoms with Gasteiger partial charge >= 0.3 is 0 Å². The molecule has 0 bridgehead atoms. The first-order valence-electron chi connectivity index (χ1n) is 7.81. The van der Waals surface area contributed by atoms with Gasteiger partial charge in [-0.3, -0.25) is 0 Å². The number of ether oxygens (including phenoxy) is 1. The number of rotatable bonds is 4. The van der Waals surface area contributed by atoms with Gasteiger partial charge in [0.2, 0.25) is 0 Å². The second kappa shape index (κ2) is 6.38. The summed E-state index contributed by atoms with van der Waals surface area (Å²) in [7, 11) is 0. The minimum Gasteiger partial charge on any atom is -0.381 e. The maximum absolute atomic E-state index is 5.70. The average Bonchev–Trinajstić information content (AvgIpc) is 2.89. The van der Waals surface area contributed by atoms with Gasteiger partial charge in [0.25, 0.3) is 0 Å². The van der Waals surface area contributed by atoms with E-state index in [1.807, 2.05) is 0 Å². The maximum Gasteiger partial charge on any atom is 0.0512 e. The van der Waals surface area contributed by atoms with Gasteiger partial charge in [0.1, 0.15) is 0 Å². The lowest BCUT2D eigenvalue weighted by atomic mass is 9.91. The average molecular weight is 279 g/mol. The number of aryl methyl sites for hydroxylation is 2. The lowest BCUT2D eigenvalue weighted by molar-refractivity contribution is 0.0398. The largest absolute Gasteiger partial charge is 0.381 e. The summed E-state index contributed by atoms with van der Waals surface area (Å²) in [5.74, 6) is 0.661. The lowest BCUT2D eigenvalue weighted by Crippen LogP contribution is -2.32. The molecule has 1 aromatic rings. The zero-order chi connectivity index (χ0) is 13.1. The number of hydrogen-bond donors (Lipinski definition) is 1. The maximum atomic E-state index is 5.70. The van der Waals surface area contributed by atoms with Gasteiger partial charge in [-0.05, 0) is 56.7 Å². The molecular formula is C16H25NOS.